The second kappa shape index (κ2) is 9.35. The van der Waals surface area contributed by atoms with E-state index in [0.29, 0.717) is 39.9 Å². The summed E-state index contributed by atoms with van der Waals surface area (Å²) >= 11 is 0. The van der Waals surface area contributed by atoms with E-state index in [9.17, 15) is 9.59 Å². The Bertz CT molecular complexity index is 1190. The fourth-order valence-corrected chi connectivity index (χ4v) is 4.14. The van der Waals surface area contributed by atoms with Crippen molar-refractivity contribution in [1.29, 1.82) is 0 Å². The van der Waals surface area contributed by atoms with Crippen LogP contribution in [-0.4, -0.2) is 40.3 Å². The first-order valence-corrected chi connectivity index (χ1v) is 10.6. The summed E-state index contributed by atoms with van der Waals surface area (Å²) in [4.78, 5) is 28.3. The lowest BCUT2D eigenvalue weighted by Gasteiger charge is -2.50. The van der Waals surface area contributed by atoms with Gasteiger partial charge < -0.3 is 24.3 Å². The number of hydrogen-bond donors (Lipinski definition) is 1. The van der Waals surface area contributed by atoms with Gasteiger partial charge in [0.1, 0.15) is 11.5 Å². The first kappa shape index (κ1) is 23.0. The van der Waals surface area contributed by atoms with E-state index in [1.807, 2.05) is 0 Å². The van der Waals surface area contributed by atoms with Crippen LogP contribution in [0.3, 0.4) is 0 Å². The second-order valence-corrected chi connectivity index (χ2v) is 7.72. The highest BCUT2D eigenvalue weighted by atomic mass is 16.5. The number of benzene rings is 3. The monoisotopic (exact) mass is 462 g/mol. The number of amides is 2. The fraction of sp³-hybridized carbons (Fsp3) is 0.231. The number of β-lactam (4-membered cyclic amide) rings is 1. The van der Waals surface area contributed by atoms with Gasteiger partial charge in [-0.05, 0) is 66.2 Å². The van der Waals surface area contributed by atoms with Crippen LogP contribution in [0.15, 0.2) is 66.7 Å². The van der Waals surface area contributed by atoms with Gasteiger partial charge in [-0.15, -0.1) is 0 Å². The summed E-state index contributed by atoms with van der Waals surface area (Å²) in [5.74, 6) is 1.79. The zero-order valence-electron chi connectivity index (χ0n) is 19.5. The van der Waals surface area contributed by atoms with Crippen LogP contribution in [-0.2, 0) is 15.1 Å². The molecule has 34 heavy (non-hydrogen) atoms. The van der Waals surface area contributed by atoms with Gasteiger partial charge in [-0.1, -0.05) is 6.07 Å². The zero-order valence-corrected chi connectivity index (χ0v) is 19.5. The van der Waals surface area contributed by atoms with Crippen LogP contribution in [0.5, 0.6) is 23.0 Å². The number of methoxy groups -OCH3 is 4. The van der Waals surface area contributed by atoms with Crippen molar-refractivity contribution in [3.8, 4) is 23.0 Å². The Morgan fingerprint density at radius 1 is 0.794 bits per heavy atom. The molecular formula is C26H26N2O6. The van der Waals surface area contributed by atoms with E-state index in [4.69, 9.17) is 18.9 Å². The lowest BCUT2D eigenvalue weighted by atomic mass is 9.75. The SMILES string of the molecule is COc1ccc(NC(=O)C2(c3ccc(OC)c(OC)c3)CC(=O)N2c2ccc(OC)cc2)cc1. The maximum atomic E-state index is 13.8. The van der Waals surface area contributed by atoms with E-state index in [0.717, 1.165) is 0 Å². The Kier molecular flexibility index (Phi) is 6.32. The smallest absolute Gasteiger partial charge is 0.255 e. The molecule has 0 saturated carbocycles. The third kappa shape index (κ3) is 3.87. The van der Waals surface area contributed by atoms with E-state index in [1.54, 1.807) is 88.1 Å². The Balaban J connectivity index is 1.80. The van der Waals surface area contributed by atoms with Gasteiger partial charge in [0.05, 0.1) is 34.9 Å². The summed E-state index contributed by atoms with van der Waals surface area (Å²) in [6.07, 6.45) is -0.00347. The Morgan fingerprint density at radius 3 is 1.91 bits per heavy atom. The molecule has 176 valence electrons. The number of rotatable bonds is 8. The van der Waals surface area contributed by atoms with E-state index in [1.165, 1.54) is 12.0 Å². The van der Waals surface area contributed by atoms with Crippen molar-refractivity contribution in [2.45, 2.75) is 12.0 Å². The third-order valence-corrected chi connectivity index (χ3v) is 5.95. The molecule has 0 radical (unpaired) electrons. The Labute approximate surface area is 198 Å². The highest BCUT2D eigenvalue weighted by Crippen LogP contribution is 2.47. The number of carbonyl (C=O) groups excluding carboxylic acids is 2. The lowest BCUT2D eigenvalue weighted by molar-refractivity contribution is -0.137. The molecule has 3 aromatic rings. The van der Waals surface area contributed by atoms with Gasteiger partial charge >= 0.3 is 0 Å². The predicted octanol–water partition coefficient (Wildman–Crippen LogP) is 3.99. The van der Waals surface area contributed by atoms with E-state index in [2.05, 4.69) is 5.32 Å². The topological polar surface area (TPSA) is 86.3 Å². The molecule has 3 aromatic carbocycles. The third-order valence-electron chi connectivity index (χ3n) is 5.95. The van der Waals surface area contributed by atoms with E-state index < -0.39 is 5.54 Å². The van der Waals surface area contributed by atoms with E-state index in [-0.39, 0.29) is 18.2 Å². The van der Waals surface area contributed by atoms with Crippen LogP contribution in [0.25, 0.3) is 0 Å². The summed E-state index contributed by atoms with van der Waals surface area (Å²) in [5, 5.41) is 2.96. The molecular weight excluding hydrogens is 436 g/mol. The van der Waals surface area contributed by atoms with Crippen molar-refractivity contribution in [2.24, 2.45) is 0 Å². The molecule has 1 aliphatic heterocycles. The lowest BCUT2D eigenvalue weighted by Crippen LogP contribution is -2.67. The van der Waals surface area contributed by atoms with Crippen molar-refractivity contribution in [3.63, 3.8) is 0 Å². The number of carbonyl (C=O) groups is 2. The quantitative estimate of drug-likeness (QED) is 0.510. The largest absolute Gasteiger partial charge is 0.497 e. The maximum Gasteiger partial charge on any atom is 0.255 e. The highest BCUT2D eigenvalue weighted by Gasteiger charge is 2.58. The summed E-state index contributed by atoms with van der Waals surface area (Å²) in [6, 6.07) is 19.3. The van der Waals surface area contributed by atoms with Crippen LogP contribution in [0.4, 0.5) is 11.4 Å². The van der Waals surface area contributed by atoms with Gasteiger partial charge in [0.15, 0.2) is 17.0 Å². The first-order chi connectivity index (χ1) is 16.5. The molecule has 0 aromatic heterocycles. The zero-order chi connectivity index (χ0) is 24.3. The number of nitrogens with one attached hydrogen (secondary N) is 1. The summed E-state index contributed by atoms with van der Waals surface area (Å²) in [5.41, 5.74) is 0.480. The molecule has 2 amide bonds. The molecule has 1 N–H and O–H groups in total. The molecule has 8 heteroatoms. The molecule has 0 bridgehead atoms. The summed E-state index contributed by atoms with van der Waals surface area (Å²) in [6.45, 7) is 0. The van der Waals surface area contributed by atoms with Crippen molar-refractivity contribution in [1.82, 2.24) is 0 Å². The van der Waals surface area contributed by atoms with Crippen LogP contribution >= 0.6 is 0 Å². The molecule has 8 nitrogen and oxygen atoms in total. The van der Waals surface area contributed by atoms with Gasteiger partial charge in [0.25, 0.3) is 5.91 Å². The van der Waals surface area contributed by atoms with Gasteiger partial charge in [-0.3, -0.25) is 14.5 Å². The molecule has 1 atom stereocenters. The van der Waals surface area contributed by atoms with Crippen molar-refractivity contribution < 1.29 is 28.5 Å². The van der Waals surface area contributed by atoms with Gasteiger partial charge in [-0.2, -0.15) is 0 Å². The number of nitrogens with zero attached hydrogens (tertiary/aromatic N) is 1. The molecule has 0 aliphatic carbocycles. The fourth-order valence-electron chi connectivity index (χ4n) is 4.14. The van der Waals surface area contributed by atoms with Crippen molar-refractivity contribution >= 4 is 23.2 Å². The van der Waals surface area contributed by atoms with Crippen LogP contribution < -0.4 is 29.2 Å². The summed E-state index contributed by atoms with van der Waals surface area (Å²) in [7, 11) is 6.21. The normalized spacial score (nSPS) is 16.9. The molecule has 1 heterocycles. The minimum atomic E-state index is -1.29. The average Bonchev–Trinajstić information content (AvgIpc) is 2.87. The van der Waals surface area contributed by atoms with Crippen molar-refractivity contribution in [2.75, 3.05) is 38.7 Å². The second-order valence-electron chi connectivity index (χ2n) is 7.72. The summed E-state index contributed by atoms with van der Waals surface area (Å²) < 4.78 is 21.3. The molecule has 1 unspecified atom stereocenters. The van der Waals surface area contributed by atoms with Crippen LogP contribution in [0.1, 0.15) is 12.0 Å². The molecule has 1 fully saturated rings. The number of ether oxygens (including phenoxy) is 4. The maximum absolute atomic E-state index is 13.8. The molecule has 0 spiro atoms. The van der Waals surface area contributed by atoms with Crippen LogP contribution in [0.2, 0.25) is 0 Å². The van der Waals surface area contributed by atoms with E-state index >= 15 is 0 Å². The van der Waals surface area contributed by atoms with Gasteiger partial charge in [-0.25, -0.2) is 0 Å². The Morgan fingerprint density at radius 2 is 1.38 bits per heavy atom. The molecule has 4 rings (SSSR count). The molecule has 1 saturated heterocycles. The van der Waals surface area contributed by atoms with Gasteiger partial charge in [0, 0.05) is 11.4 Å². The van der Waals surface area contributed by atoms with Gasteiger partial charge in [0.2, 0.25) is 5.91 Å². The highest BCUT2D eigenvalue weighted by molar-refractivity contribution is 6.17. The minimum absolute atomic E-state index is 0.00347. The predicted molar refractivity (Wildman–Crippen MR) is 128 cm³/mol. The standard InChI is InChI=1S/C26H26N2O6/c1-31-20-10-6-18(7-11-20)27-25(30)26(17-5-14-22(33-3)23(15-17)34-4)16-24(29)28(26)19-8-12-21(32-2)13-9-19/h5-15H,16H2,1-4H3,(H,27,30). The van der Waals surface area contributed by atoms with Crippen molar-refractivity contribution in [3.05, 3.63) is 72.3 Å². The Hall–Kier alpha value is -4.20. The number of hydrogen-bond acceptors (Lipinski definition) is 6. The first-order valence-electron chi connectivity index (χ1n) is 10.6. The molecule has 1 aliphatic rings. The van der Waals surface area contributed by atoms with Crippen LogP contribution in [0, 0.1) is 0 Å². The minimum Gasteiger partial charge on any atom is -0.497 e. The average molecular weight is 463 g/mol. The number of anilines is 2.